The van der Waals surface area contributed by atoms with Crippen LogP contribution in [0.4, 0.5) is 5.69 Å². The molecule has 104 valence electrons. The lowest BCUT2D eigenvalue weighted by Crippen LogP contribution is -2.09. The van der Waals surface area contributed by atoms with Crippen molar-refractivity contribution >= 4 is 26.3 Å². The third-order valence-corrected chi connectivity index (χ3v) is 3.90. The minimum absolute atomic E-state index is 0.388. The molecule has 0 radical (unpaired) electrons. The second kappa shape index (κ2) is 6.06. The van der Waals surface area contributed by atoms with Crippen molar-refractivity contribution < 1.29 is 8.42 Å². The van der Waals surface area contributed by atoms with E-state index in [9.17, 15) is 8.42 Å². The van der Waals surface area contributed by atoms with Crippen LogP contribution in [-0.4, -0.2) is 28.8 Å². The Bertz CT molecular complexity index is 661. The summed E-state index contributed by atoms with van der Waals surface area (Å²) in [7, 11) is 0.702. The number of fused-ring (bicyclic) bond motifs is 1. The normalized spacial score (nSPS) is 10.8. The Morgan fingerprint density at radius 3 is 1.95 bits per heavy atom. The first-order valence-corrected chi connectivity index (χ1v) is 8.19. The quantitative estimate of drug-likeness (QED) is 0.846. The van der Waals surface area contributed by atoms with Crippen LogP contribution in [0.3, 0.4) is 0 Å². The summed E-state index contributed by atoms with van der Waals surface area (Å²) in [4.78, 5) is 2.37. The zero-order valence-electron chi connectivity index (χ0n) is 12.1. The molecule has 0 spiro atoms. The molecule has 0 aliphatic heterocycles. The van der Waals surface area contributed by atoms with Crippen molar-refractivity contribution in [1.82, 2.24) is 0 Å². The summed E-state index contributed by atoms with van der Waals surface area (Å²) in [5.74, 6) is 0. The van der Waals surface area contributed by atoms with Gasteiger partial charge in [0.05, 0.1) is 4.90 Å². The average molecular weight is 279 g/mol. The number of anilines is 1. The van der Waals surface area contributed by atoms with Gasteiger partial charge >= 0.3 is 0 Å². The van der Waals surface area contributed by atoms with E-state index in [1.165, 1.54) is 6.26 Å². The fraction of sp³-hybridized carbons (Fsp3) is 0.333. The molecule has 0 aliphatic carbocycles. The van der Waals surface area contributed by atoms with Gasteiger partial charge in [0.15, 0.2) is 9.84 Å². The Balaban J connectivity index is 0.000000861. The molecule has 0 aromatic heterocycles. The van der Waals surface area contributed by atoms with Gasteiger partial charge in [-0.25, -0.2) is 8.42 Å². The van der Waals surface area contributed by atoms with Crippen molar-refractivity contribution in [3.05, 3.63) is 36.4 Å². The number of nitrogens with zero attached hydrogens (tertiary/aromatic N) is 1. The molecule has 0 heterocycles. The van der Waals surface area contributed by atoms with Gasteiger partial charge in [0.1, 0.15) is 0 Å². The highest BCUT2D eigenvalue weighted by Crippen LogP contribution is 2.29. The fourth-order valence-electron chi connectivity index (χ4n) is 1.98. The number of hydrogen-bond donors (Lipinski definition) is 0. The largest absolute Gasteiger partial charge is 0.377 e. The molecule has 2 aromatic carbocycles. The zero-order valence-corrected chi connectivity index (χ0v) is 13.0. The number of hydrogen-bond acceptors (Lipinski definition) is 3. The van der Waals surface area contributed by atoms with Crippen molar-refractivity contribution in [2.24, 2.45) is 0 Å². The Kier molecular flexibility index (Phi) is 4.95. The third-order valence-electron chi connectivity index (χ3n) is 2.74. The van der Waals surface area contributed by atoms with Crippen LogP contribution in [-0.2, 0) is 9.84 Å². The monoisotopic (exact) mass is 279 g/mol. The lowest BCUT2D eigenvalue weighted by Gasteiger charge is -2.16. The Morgan fingerprint density at radius 1 is 0.895 bits per heavy atom. The van der Waals surface area contributed by atoms with E-state index in [2.05, 4.69) is 0 Å². The van der Waals surface area contributed by atoms with Gasteiger partial charge in [0.2, 0.25) is 0 Å². The van der Waals surface area contributed by atoms with E-state index in [-0.39, 0.29) is 0 Å². The van der Waals surface area contributed by atoms with Gasteiger partial charge in [0, 0.05) is 36.8 Å². The van der Waals surface area contributed by atoms with Crippen LogP contribution in [0, 0.1) is 0 Å². The van der Waals surface area contributed by atoms with Crippen molar-refractivity contribution in [3.8, 4) is 0 Å². The van der Waals surface area contributed by atoms with Crippen molar-refractivity contribution in [1.29, 1.82) is 0 Å². The maximum Gasteiger partial charge on any atom is 0.176 e. The fourth-order valence-corrected chi connectivity index (χ4v) is 2.88. The summed E-state index contributed by atoms with van der Waals surface area (Å²) in [6.07, 6.45) is 1.24. The van der Waals surface area contributed by atoms with E-state index in [0.717, 1.165) is 16.5 Å². The first-order valence-electron chi connectivity index (χ1n) is 6.30. The second-order valence-corrected chi connectivity index (χ2v) is 6.28. The third kappa shape index (κ3) is 3.26. The molecule has 3 nitrogen and oxygen atoms in total. The average Bonchev–Trinajstić information content (AvgIpc) is 2.38. The van der Waals surface area contributed by atoms with E-state index in [1.807, 2.05) is 57.1 Å². The van der Waals surface area contributed by atoms with E-state index < -0.39 is 9.84 Å². The molecule has 0 aliphatic rings. The topological polar surface area (TPSA) is 37.4 Å². The molecule has 2 rings (SSSR count). The molecule has 4 heteroatoms. The molecule has 0 bridgehead atoms. The highest BCUT2D eigenvalue weighted by Gasteiger charge is 2.13. The van der Waals surface area contributed by atoms with E-state index in [4.69, 9.17) is 0 Å². The van der Waals surface area contributed by atoms with E-state index >= 15 is 0 Å². The van der Waals surface area contributed by atoms with Gasteiger partial charge in [-0.05, 0) is 12.1 Å². The molecule has 0 amide bonds. The lowest BCUT2D eigenvalue weighted by atomic mass is 10.1. The number of sulfone groups is 1. The summed E-state index contributed by atoms with van der Waals surface area (Å²) in [5.41, 5.74) is 1.02. The highest BCUT2D eigenvalue weighted by molar-refractivity contribution is 7.91. The molecular formula is C15H21NO2S. The standard InChI is InChI=1S/C13H15NO2S.C2H6/c1-14(2)12-8-4-7-11-10(12)6-5-9-13(11)17(3,15)16;1-2/h4-9H,1-3H3;1-2H3. The van der Waals surface area contributed by atoms with Crippen molar-refractivity contribution in [3.63, 3.8) is 0 Å². The molecule has 0 N–H and O–H groups in total. The molecule has 0 fully saturated rings. The first-order chi connectivity index (χ1) is 8.91. The van der Waals surface area contributed by atoms with Gasteiger partial charge < -0.3 is 4.90 Å². The van der Waals surface area contributed by atoms with Gasteiger partial charge in [-0.15, -0.1) is 0 Å². The van der Waals surface area contributed by atoms with Crippen LogP contribution in [0.5, 0.6) is 0 Å². The number of rotatable bonds is 2. The van der Waals surface area contributed by atoms with Crippen LogP contribution in [0.15, 0.2) is 41.3 Å². The summed E-state index contributed by atoms with van der Waals surface area (Å²) in [6.45, 7) is 4.00. The Labute approximate surface area is 115 Å². The minimum atomic E-state index is -3.19. The molecule has 0 saturated carbocycles. The minimum Gasteiger partial charge on any atom is -0.377 e. The van der Waals surface area contributed by atoms with E-state index in [1.54, 1.807) is 12.1 Å². The highest BCUT2D eigenvalue weighted by atomic mass is 32.2. The smallest absolute Gasteiger partial charge is 0.176 e. The molecule has 2 aromatic rings. The lowest BCUT2D eigenvalue weighted by molar-refractivity contribution is 0.602. The number of benzene rings is 2. The zero-order chi connectivity index (χ0) is 14.6. The van der Waals surface area contributed by atoms with Gasteiger partial charge in [0.25, 0.3) is 0 Å². The van der Waals surface area contributed by atoms with Crippen molar-refractivity contribution in [2.75, 3.05) is 25.3 Å². The predicted octanol–water partition coefficient (Wildman–Crippen LogP) is 3.34. The van der Waals surface area contributed by atoms with Crippen molar-refractivity contribution in [2.45, 2.75) is 18.7 Å². The Hall–Kier alpha value is -1.55. The molecule has 0 atom stereocenters. The van der Waals surface area contributed by atoms with Crippen LogP contribution < -0.4 is 4.90 Å². The SMILES string of the molecule is CC.CN(C)c1cccc2c(S(C)(=O)=O)cccc12. The molecule has 19 heavy (non-hydrogen) atoms. The first kappa shape index (κ1) is 15.5. The second-order valence-electron chi connectivity index (χ2n) is 4.30. The molecule has 0 unspecified atom stereocenters. The van der Waals surface area contributed by atoms with Crippen LogP contribution in [0.2, 0.25) is 0 Å². The van der Waals surface area contributed by atoms with Gasteiger partial charge in [-0.3, -0.25) is 0 Å². The van der Waals surface area contributed by atoms with Crippen LogP contribution in [0.1, 0.15) is 13.8 Å². The molecule has 0 saturated heterocycles. The van der Waals surface area contributed by atoms with Crippen LogP contribution >= 0.6 is 0 Å². The summed E-state index contributed by atoms with van der Waals surface area (Å²) in [6, 6.07) is 11.1. The van der Waals surface area contributed by atoms with E-state index in [0.29, 0.717) is 4.90 Å². The maximum atomic E-state index is 11.7. The summed E-state index contributed by atoms with van der Waals surface area (Å²) >= 11 is 0. The summed E-state index contributed by atoms with van der Waals surface area (Å²) < 4.78 is 23.4. The van der Waals surface area contributed by atoms with Gasteiger partial charge in [-0.2, -0.15) is 0 Å². The predicted molar refractivity (Wildman–Crippen MR) is 82.7 cm³/mol. The van der Waals surface area contributed by atoms with Gasteiger partial charge in [-0.1, -0.05) is 38.1 Å². The molecular weight excluding hydrogens is 258 g/mol. The summed E-state index contributed by atoms with van der Waals surface area (Å²) in [5, 5.41) is 1.74. The maximum absolute atomic E-state index is 11.7. The Morgan fingerprint density at radius 2 is 1.42 bits per heavy atom. The van der Waals surface area contributed by atoms with Crippen LogP contribution in [0.25, 0.3) is 10.8 Å².